The summed E-state index contributed by atoms with van der Waals surface area (Å²) in [5, 5.41) is 1.28. The second-order valence-electron chi connectivity index (χ2n) is 4.27. The van der Waals surface area contributed by atoms with Gasteiger partial charge < -0.3 is 4.90 Å². The number of piperidine rings is 1. The summed E-state index contributed by atoms with van der Waals surface area (Å²) < 4.78 is 0. The Balaban J connectivity index is 2.12. The molecule has 0 unspecified atom stereocenters. The smallest absolute Gasteiger partial charge is 0.0612 e. The van der Waals surface area contributed by atoms with E-state index in [4.69, 9.17) is 23.2 Å². The van der Waals surface area contributed by atoms with Crippen molar-refractivity contribution < 1.29 is 0 Å². The molecule has 1 heterocycles. The van der Waals surface area contributed by atoms with E-state index in [1.807, 2.05) is 18.2 Å². The first-order valence-corrected chi connectivity index (χ1v) is 6.12. The predicted octanol–water partition coefficient (Wildman–Crippen LogP) is 4.23. The Labute approximate surface area is 101 Å². The molecule has 0 aliphatic carbocycles. The number of hydrogen-bond acceptors (Lipinski definition) is 1. The van der Waals surface area contributed by atoms with Crippen LogP contribution in [-0.2, 0) is 0 Å². The van der Waals surface area contributed by atoms with Gasteiger partial charge in [-0.1, -0.05) is 30.1 Å². The van der Waals surface area contributed by atoms with Crippen molar-refractivity contribution in [2.24, 2.45) is 5.92 Å². The van der Waals surface area contributed by atoms with Gasteiger partial charge in [-0.05, 0) is 37.0 Å². The van der Waals surface area contributed by atoms with Crippen LogP contribution >= 0.6 is 23.2 Å². The summed E-state index contributed by atoms with van der Waals surface area (Å²) in [5.74, 6) is 0.851. The Bertz CT molecular complexity index is 343. The predicted molar refractivity (Wildman–Crippen MR) is 67.1 cm³/mol. The van der Waals surface area contributed by atoms with Crippen LogP contribution in [0.2, 0.25) is 10.0 Å². The largest absolute Gasteiger partial charge is 0.371 e. The van der Waals surface area contributed by atoms with Crippen molar-refractivity contribution in [1.29, 1.82) is 0 Å². The van der Waals surface area contributed by atoms with E-state index in [0.717, 1.165) is 19.0 Å². The molecule has 0 amide bonds. The van der Waals surface area contributed by atoms with Crippen molar-refractivity contribution in [1.82, 2.24) is 0 Å². The minimum absolute atomic E-state index is 0.630. The molecule has 1 aliphatic rings. The first-order valence-electron chi connectivity index (χ1n) is 5.37. The second-order valence-corrected chi connectivity index (χ2v) is 5.08. The van der Waals surface area contributed by atoms with Gasteiger partial charge >= 0.3 is 0 Å². The molecule has 2 rings (SSSR count). The number of halogens is 2. The molecule has 15 heavy (non-hydrogen) atoms. The third kappa shape index (κ3) is 2.59. The van der Waals surface area contributed by atoms with Gasteiger partial charge in [-0.25, -0.2) is 0 Å². The molecule has 0 saturated carbocycles. The van der Waals surface area contributed by atoms with Crippen LogP contribution in [0.5, 0.6) is 0 Å². The van der Waals surface area contributed by atoms with Gasteiger partial charge in [0, 0.05) is 18.8 Å². The fourth-order valence-electron chi connectivity index (χ4n) is 1.95. The Kier molecular flexibility index (Phi) is 3.42. The lowest BCUT2D eigenvalue weighted by Gasteiger charge is -2.32. The monoisotopic (exact) mass is 243 g/mol. The number of hydrogen-bond donors (Lipinski definition) is 0. The molecule has 0 spiro atoms. The summed E-state index contributed by atoms with van der Waals surface area (Å²) in [6, 6.07) is 5.88. The number of rotatable bonds is 1. The highest BCUT2D eigenvalue weighted by molar-refractivity contribution is 6.42. The van der Waals surface area contributed by atoms with Gasteiger partial charge in [0.15, 0.2) is 0 Å². The molecule has 1 saturated heterocycles. The fraction of sp³-hybridized carbons (Fsp3) is 0.500. The first-order chi connectivity index (χ1) is 7.16. The van der Waals surface area contributed by atoms with Gasteiger partial charge in [0.1, 0.15) is 0 Å². The third-order valence-electron chi connectivity index (χ3n) is 3.05. The van der Waals surface area contributed by atoms with Crippen LogP contribution < -0.4 is 4.90 Å². The molecule has 0 atom stereocenters. The quantitative estimate of drug-likeness (QED) is 0.714. The molecular weight excluding hydrogens is 229 g/mol. The SMILES string of the molecule is CC1CCN(c2ccc(Cl)c(Cl)c2)CC1. The lowest BCUT2D eigenvalue weighted by atomic mass is 9.99. The molecule has 1 fully saturated rings. The summed E-state index contributed by atoms with van der Waals surface area (Å²) in [4.78, 5) is 2.38. The maximum Gasteiger partial charge on any atom is 0.0612 e. The van der Waals surface area contributed by atoms with Crippen molar-refractivity contribution in [3.05, 3.63) is 28.2 Å². The molecule has 1 aliphatic heterocycles. The van der Waals surface area contributed by atoms with Crippen molar-refractivity contribution >= 4 is 28.9 Å². The van der Waals surface area contributed by atoms with Gasteiger partial charge in [0.05, 0.1) is 10.0 Å². The third-order valence-corrected chi connectivity index (χ3v) is 3.79. The van der Waals surface area contributed by atoms with Crippen LogP contribution in [0.3, 0.4) is 0 Å². The summed E-state index contributed by atoms with van der Waals surface area (Å²) in [5.41, 5.74) is 1.19. The van der Waals surface area contributed by atoms with Crippen molar-refractivity contribution in [2.75, 3.05) is 18.0 Å². The number of benzene rings is 1. The summed E-state index contributed by atoms with van der Waals surface area (Å²) >= 11 is 11.9. The van der Waals surface area contributed by atoms with Crippen LogP contribution in [0.25, 0.3) is 0 Å². The van der Waals surface area contributed by atoms with Gasteiger partial charge in [0.2, 0.25) is 0 Å². The van der Waals surface area contributed by atoms with Crippen LogP contribution in [-0.4, -0.2) is 13.1 Å². The Hall–Kier alpha value is -0.400. The Morgan fingerprint density at radius 3 is 2.40 bits per heavy atom. The van der Waals surface area contributed by atoms with E-state index >= 15 is 0 Å². The average molecular weight is 244 g/mol. The molecule has 0 N–H and O–H groups in total. The fourth-order valence-corrected chi connectivity index (χ4v) is 2.24. The van der Waals surface area contributed by atoms with Crippen molar-refractivity contribution in [3.63, 3.8) is 0 Å². The van der Waals surface area contributed by atoms with Crippen LogP contribution in [0, 0.1) is 5.92 Å². The second kappa shape index (κ2) is 4.63. The molecule has 1 aromatic carbocycles. The zero-order valence-electron chi connectivity index (χ0n) is 8.84. The minimum atomic E-state index is 0.630. The molecule has 0 bridgehead atoms. The zero-order valence-corrected chi connectivity index (χ0v) is 10.4. The minimum Gasteiger partial charge on any atom is -0.371 e. The molecule has 0 radical (unpaired) electrons. The van der Waals surface area contributed by atoms with E-state index < -0.39 is 0 Å². The van der Waals surface area contributed by atoms with E-state index in [1.165, 1.54) is 18.5 Å². The summed E-state index contributed by atoms with van der Waals surface area (Å²) in [6.45, 7) is 4.56. The van der Waals surface area contributed by atoms with E-state index in [0.29, 0.717) is 10.0 Å². The summed E-state index contributed by atoms with van der Waals surface area (Å²) in [6.07, 6.45) is 2.53. The molecule has 3 heteroatoms. The van der Waals surface area contributed by atoms with Crippen LogP contribution in [0.1, 0.15) is 19.8 Å². The van der Waals surface area contributed by atoms with E-state index in [1.54, 1.807) is 0 Å². The highest BCUT2D eigenvalue weighted by atomic mass is 35.5. The van der Waals surface area contributed by atoms with E-state index in [2.05, 4.69) is 11.8 Å². The molecule has 0 aromatic heterocycles. The van der Waals surface area contributed by atoms with E-state index in [9.17, 15) is 0 Å². The molecule has 1 aromatic rings. The normalized spacial score (nSPS) is 18.2. The van der Waals surface area contributed by atoms with Crippen LogP contribution in [0.15, 0.2) is 18.2 Å². The maximum atomic E-state index is 6.00. The lowest BCUT2D eigenvalue weighted by Crippen LogP contribution is -2.32. The van der Waals surface area contributed by atoms with Gasteiger partial charge in [0.25, 0.3) is 0 Å². The van der Waals surface area contributed by atoms with E-state index in [-0.39, 0.29) is 0 Å². The van der Waals surface area contributed by atoms with Gasteiger partial charge in [-0.3, -0.25) is 0 Å². The van der Waals surface area contributed by atoms with Crippen molar-refractivity contribution in [3.8, 4) is 0 Å². The van der Waals surface area contributed by atoms with Gasteiger partial charge in [-0.15, -0.1) is 0 Å². The maximum absolute atomic E-state index is 6.00. The van der Waals surface area contributed by atoms with Gasteiger partial charge in [-0.2, -0.15) is 0 Å². The molecule has 1 nitrogen and oxygen atoms in total. The lowest BCUT2D eigenvalue weighted by molar-refractivity contribution is 0.438. The standard InChI is InChI=1S/C12H15Cl2N/c1-9-4-6-15(7-5-9)10-2-3-11(13)12(14)8-10/h2-3,8-9H,4-7H2,1H3. The molecular formula is C12H15Cl2N. The highest BCUT2D eigenvalue weighted by Crippen LogP contribution is 2.29. The topological polar surface area (TPSA) is 3.24 Å². The average Bonchev–Trinajstić information content (AvgIpc) is 2.23. The highest BCUT2D eigenvalue weighted by Gasteiger charge is 2.16. The zero-order chi connectivity index (χ0) is 10.8. The Morgan fingerprint density at radius 2 is 1.80 bits per heavy atom. The molecule has 82 valence electrons. The van der Waals surface area contributed by atoms with Crippen LogP contribution in [0.4, 0.5) is 5.69 Å². The van der Waals surface area contributed by atoms with Crippen molar-refractivity contribution in [2.45, 2.75) is 19.8 Å². The number of nitrogens with zero attached hydrogens (tertiary/aromatic N) is 1. The Morgan fingerprint density at radius 1 is 1.13 bits per heavy atom. The summed E-state index contributed by atoms with van der Waals surface area (Å²) in [7, 11) is 0. The number of anilines is 1. The first kappa shape index (κ1) is 11.1.